The minimum absolute atomic E-state index is 0.103. The number of amides is 1. The number of benzene rings is 1. The van der Waals surface area contributed by atoms with Crippen LogP contribution in [0.4, 0.5) is 10.3 Å². The number of carbonyl (C=O) groups excluding carboxylic acids is 1. The molecule has 0 unspecified atom stereocenters. The number of halogens is 2. The van der Waals surface area contributed by atoms with Crippen LogP contribution >= 0.6 is 11.6 Å². The van der Waals surface area contributed by atoms with Gasteiger partial charge in [0.15, 0.2) is 0 Å². The summed E-state index contributed by atoms with van der Waals surface area (Å²) in [7, 11) is 0. The summed E-state index contributed by atoms with van der Waals surface area (Å²) >= 11 is 6.11. The van der Waals surface area contributed by atoms with Crippen LogP contribution in [0.25, 0.3) is 5.78 Å². The largest absolute Gasteiger partial charge is 0.289 e. The first-order chi connectivity index (χ1) is 10.5. The van der Waals surface area contributed by atoms with Crippen molar-refractivity contribution in [3.63, 3.8) is 0 Å². The standard InChI is InChI=1S/C14H11ClFN5O/c1-7-11(15)8(2)21-14(17-7)19-13(20-21)18-12(22)9-3-5-10(16)6-4-9/h3-6H,1-2H3,(H,18,20,22). The predicted octanol–water partition coefficient (Wildman–Crippen LogP) is 2.79. The maximum Gasteiger partial charge on any atom is 0.258 e. The fourth-order valence-electron chi connectivity index (χ4n) is 1.98. The van der Waals surface area contributed by atoms with Gasteiger partial charge in [-0.3, -0.25) is 10.1 Å². The third kappa shape index (κ3) is 2.50. The van der Waals surface area contributed by atoms with Crippen molar-refractivity contribution in [1.82, 2.24) is 19.6 Å². The van der Waals surface area contributed by atoms with E-state index in [-0.39, 0.29) is 5.95 Å². The molecular formula is C14H11ClFN5O. The number of fused-ring (bicyclic) bond motifs is 1. The molecule has 0 atom stereocenters. The van der Waals surface area contributed by atoms with E-state index in [0.717, 1.165) is 0 Å². The highest BCUT2D eigenvalue weighted by atomic mass is 35.5. The van der Waals surface area contributed by atoms with Crippen molar-refractivity contribution < 1.29 is 9.18 Å². The van der Waals surface area contributed by atoms with Gasteiger partial charge in [0.1, 0.15) is 5.82 Å². The monoisotopic (exact) mass is 319 g/mol. The van der Waals surface area contributed by atoms with E-state index in [1.54, 1.807) is 13.8 Å². The molecule has 22 heavy (non-hydrogen) atoms. The summed E-state index contributed by atoms with van der Waals surface area (Å²) in [6, 6.07) is 5.18. The Morgan fingerprint density at radius 3 is 2.59 bits per heavy atom. The van der Waals surface area contributed by atoms with Crippen LogP contribution in [-0.2, 0) is 0 Å². The van der Waals surface area contributed by atoms with Gasteiger partial charge < -0.3 is 0 Å². The number of rotatable bonds is 2. The fraction of sp³-hybridized carbons (Fsp3) is 0.143. The molecule has 1 aromatic carbocycles. The van der Waals surface area contributed by atoms with Gasteiger partial charge >= 0.3 is 0 Å². The molecule has 1 amide bonds. The molecule has 0 fully saturated rings. The SMILES string of the molecule is Cc1nc2nc(NC(=O)c3ccc(F)cc3)nn2c(C)c1Cl. The van der Waals surface area contributed by atoms with Gasteiger partial charge in [-0.25, -0.2) is 9.37 Å². The van der Waals surface area contributed by atoms with Crippen molar-refractivity contribution in [3.8, 4) is 0 Å². The van der Waals surface area contributed by atoms with Gasteiger partial charge in [-0.1, -0.05) is 11.6 Å². The topological polar surface area (TPSA) is 72.2 Å². The Bertz CT molecular complexity index is 875. The van der Waals surface area contributed by atoms with E-state index >= 15 is 0 Å². The summed E-state index contributed by atoms with van der Waals surface area (Å²) in [5.74, 6) is -0.399. The second-order valence-electron chi connectivity index (χ2n) is 4.70. The van der Waals surface area contributed by atoms with Crippen molar-refractivity contribution in [2.24, 2.45) is 0 Å². The summed E-state index contributed by atoms with van der Waals surface area (Å²) in [6.07, 6.45) is 0. The Hall–Kier alpha value is -2.54. The molecule has 1 N–H and O–H groups in total. The van der Waals surface area contributed by atoms with E-state index < -0.39 is 11.7 Å². The highest BCUT2D eigenvalue weighted by Crippen LogP contribution is 2.19. The van der Waals surface area contributed by atoms with Crippen molar-refractivity contribution in [3.05, 3.63) is 52.1 Å². The van der Waals surface area contributed by atoms with E-state index in [4.69, 9.17) is 11.6 Å². The number of nitrogens with zero attached hydrogens (tertiary/aromatic N) is 4. The Labute approximate surface area is 130 Å². The van der Waals surface area contributed by atoms with Gasteiger partial charge in [0.2, 0.25) is 0 Å². The lowest BCUT2D eigenvalue weighted by Gasteiger charge is -2.02. The third-order valence-corrected chi connectivity index (χ3v) is 3.69. The molecule has 0 saturated heterocycles. The summed E-state index contributed by atoms with van der Waals surface area (Å²) < 4.78 is 14.3. The minimum atomic E-state index is -0.434. The number of aryl methyl sites for hydroxylation is 2. The zero-order valence-corrected chi connectivity index (χ0v) is 12.5. The molecule has 0 aliphatic carbocycles. The summed E-state index contributed by atoms with van der Waals surface area (Å²) in [6.45, 7) is 3.55. The van der Waals surface area contributed by atoms with Gasteiger partial charge in [-0.15, -0.1) is 5.10 Å². The van der Waals surface area contributed by atoms with Gasteiger partial charge in [0, 0.05) is 5.56 Å². The molecule has 0 radical (unpaired) electrons. The predicted molar refractivity (Wildman–Crippen MR) is 79.6 cm³/mol. The fourth-order valence-corrected chi connectivity index (χ4v) is 2.11. The minimum Gasteiger partial charge on any atom is -0.289 e. The molecule has 2 heterocycles. The number of hydrogen-bond donors (Lipinski definition) is 1. The average Bonchev–Trinajstić information content (AvgIpc) is 2.88. The Morgan fingerprint density at radius 2 is 1.91 bits per heavy atom. The number of nitrogens with one attached hydrogen (secondary N) is 1. The van der Waals surface area contributed by atoms with Crippen LogP contribution in [0.1, 0.15) is 21.7 Å². The number of carbonyl (C=O) groups is 1. The van der Waals surface area contributed by atoms with E-state index in [1.807, 2.05) is 0 Å². The molecule has 0 saturated carbocycles. The first kappa shape index (κ1) is 14.4. The molecule has 2 aromatic heterocycles. The van der Waals surface area contributed by atoms with Gasteiger partial charge in [0.05, 0.1) is 16.4 Å². The van der Waals surface area contributed by atoms with E-state index in [2.05, 4.69) is 20.4 Å². The summed E-state index contributed by atoms with van der Waals surface area (Å²) in [5.41, 5.74) is 1.62. The van der Waals surface area contributed by atoms with Crippen molar-refractivity contribution in [2.45, 2.75) is 13.8 Å². The zero-order valence-electron chi connectivity index (χ0n) is 11.8. The van der Waals surface area contributed by atoms with Crippen LogP contribution in [0.2, 0.25) is 5.02 Å². The average molecular weight is 320 g/mol. The maximum absolute atomic E-state index is 12.9. The Kier molecular flexibility index (Phi) is 3.50. The molecule has 0 aliphatic heterocycles. The van der Waals surface area contributed by atoms with E-state index in [9.17, 15) is 9.18 Å². The van der Waals surface area contributed by atoms with E-state index in [0.29, 0.717) is 27.8 Å². The second kappa shape index (κ2) is 5.34. The third-order valence-electron chi connectivity index (χ3n) is 3.14. The molecule has 0 bridgehead atoms. The lowest BCUT2D eigenvalue weighted by atomic mass is 10.2. The maximum atomic E-state index is 12.9. The Morgan fingerprint density at radius 1 is 1.23 bits per heavy atom. The van der Waals surface area contributed by atoms with Crippen LogP contribution in [0, 0.1) is 19.7 Å². The normalized spacial score (nSPS) is 10.9. The molecule has 0 spiro atoms. The van der Waals surface area contributed by atoms with E-state index in [1.165, 1.54) is 28.8 Å². The molecule has 112 valence electrons. The molecule has 0 aliphatic rings. The van der Waals surface area contributed by atoms with Crippen LogP contribution in [0.3, 0.4) is 0 Å². The van der Waals surface area contributed by atoms with Crippen molar-refractivity contribution in [2.75, 3.05) is 5.32 Å². The van der Waals surface area contributed by atoms with Gasteiger partial charge in [-0.2, -0.15) is 9.50 Å². The molecule has 8 heteroatoms. The lowest BCUT2D eigenvalue weighted by Crippen LogP contribution is -2.13. The Balaban J connectivity index is 1.93. The number of aromatic nitrogens is 4. The quantitative estimate of drug-likeness (QED) is 0.788. The first-order valence-corrected chi connectivity index (χ1v) is 6.80. The van der Waals surface area contributed by atoms with Gasteiger partial charge in [-0.05, 0) is 38.1 Å². The summed E-state index contributed by atoms with van der Waals surface area (Å²) in [4.78, 5) is 20.4. The molecular weight excluding hydrogens is 309 g/mol. The summed E-state index contributed by atoms with van der Waals surface area (Å²) in [5, 5.41) is 7.19. The first-order valence-electron chi connectivity index (χ1n) is 6.42. The molecule has 6 nitrogen and oxygen atoms in total. The van der Waals surface area contributed by atoms with Gasteiger partial charge in [0.25, 0.3) is 17.6 Å². The van der Waals surface area contributed by atoms with Crippen LogP contribution in [-0.4, -0.2) is 25.5 Å². The second-order valence-corrected chi connectivity index (χ2v) is 5.08. The number of hydrogen-bond acceptors (Lipinski definition) is 4. The number of anilines is 1. The highest BCUT2D eigenvalue weighted by molar-refractivity contribution is 6.31. The highest BCUT2D eigenvalue weighted by Gasteiger charge is 2.14. The smallest absolute Gasteiger partial charge is 0.258 e. The van der Waals surface area contributed by atoms with Crippen LogP contribution < -0.4 is 5.32 Å². The van der Waals surface area contributed by atoms with Crippen LogP contribution in [0.5, 0.6) is 0 Å². The van der Waals surface area contributed by atoms with Crippen molar-refractivity contribution >= 4 is 29.2 Å². The molecule has 3 rings (SSSR count). The van der Waals surface area contributed by atoms with Crippen molar-refractivity contribution in [1.29, 1.82) is 0 Å². The molecule has 3 aromatic rings. The van der Waals surface area contributed by atoms with Crippen LogP contribution in [0.15, 0.2) is 24.3 Å². The zero-order chi connectivity index (χ0) is 15.9. The lowest BCUT2D eigenvalue weighted by molar-refractivity contribution is 0.102.